The van der Waals surface area contributed by atoms with Crippen LogP contribution in [0.2, 0.25) is 0 Å². The molecule has 0 spiro atoms. The predicted octanol–water partition coefficient (Wildman–Crippen LogP) is 3.96. The molecule has 0 aromatic heterocycles. The molecule has 3 aromatic rings. The van der Waals surface area contributed by atoms with E-state index in [1.807, 2.05) is 36.4 Å². The minimum atomic E-state index is -1.31. The van der Waals surface area contributed by atoms with Crippen molar-refractivity contribution in [1.82, 2.24) is 5.32 Å². The highest BCUT2D eigenvalue weighted by Gasteiger charge is 2.28. The average molecular weight is 446 g/mol. The number of nitrogens with one attached hydrogen (secondary N) is 2. The van der Waals surface area contributed by atoms with Crippen LogP contribution in [0.3, 0.4) is 0 Å². The summed E-state index contributed by atoms with van der Waals surface area (Å²) in [5, 5.41) is 23.6. The molecule has 1 aliphatic carbocycles. The number of benzene rings is 3. The predicted molar refractivity (Wildman–Crippen MR) is 121 cm³/mol. The van der Waals surface area contributed by atoms with E-state index in [1.165, 1.54) is 12.1 Å². The van der Waals surface area contributed by atoms with Gasteiger partial charge in [-0.15, -0.1) is 0 Å². The van der Waals surface area contributed by atoms with Crippen LogP contribution in [-0.4, -0.2) is 41.3 Å². The average Bonchev–Trinajstić information content (AvgIpc) is 3.12. The van der Waals surface area contributed by atoms with E-state index in [4.69, 9.17) is 9.84 Å². The summed E-state index contributed by atoms with van der Waals surface area (Å²) in [6, 6.07) is 19.8. The van der Waals surface area contributed by atoms with Crippen LogP contribution in [0.25, 0.3) is 11.1 Å². The van der Waals surface area contributed by atoms with Crippen molar-refractivity contribution >= 4 is 23.7 Å². The quantitative estimate of drug-likeness (QED) is 0.407. The van der Waals surface area contributed by atoms with Crippen LogP contribution >= 0.6 is 0 Å². The van der Waals surface area contributed by atoms with Crippen molar-refractivity contribution in [3.8, 4) is 16.9 Å². The molecule has 0 bridgehead atoms. The van der Waals surface area contributed by atoms with E-state index >= 15 is 0 Å². The monoisotopic (exact) mass is 446 g/mol. The van der Waals surface area contributed by atoms with E-state index in [0.29, 0.717) is 0 Å². The minimum absolute atomic E-state index is 0.0342. The molecule has 4 rings (SSSR count). The minimum Gasteiger partial charge on any atom is -0.507 e. The SMILES string of the molecule is O=C(CCNC(=O)OCC1c2ccccc2-c2ccccc21)Nc1ccc(O)c(C(=O)O)c1. The summed E-state index contributed by atoms with van der Waals surface area (Å²) in [5.74, 6) is -2.17. The van der Waals surface area contributed by atoms with E-state index in [2.05, 4.69) is 22.8 Å². The highest BCUT2D eigenvalue weighted by Crippen LogP contribution is 2.44. The van der Waals surface area contributed by atoms with Gasteiger partial charge in [0.1, 0.15) is 17.9 Å². The van der Waals surface area contributed by atoms with Crippen LogP contribution in [-0.2, 0) is 9.53 Å². The van der Waals surface area contributed by atoms with Gasteiger partial charge in [0.05, 0.1) is 0 Å². The number of hydrogen-bond donors (Lipinski definition) is 4. The van der Waals surface area contributed by atoms with E-state index in [0.717, 1.165) is 28.3 Å². The zero-order valence-corrected chi connectivity index (χ0v) is 17.6. The first-order valence-corrected chi connectivity index (χ1v) is 10.4. The molecule has 3 aromatic carbocycles. The van der Waals surface area contributed by atoms with Crippen molar-refractivity contribution in [2.24, 2.45) is 0 Å². The lowest BCUT2D eigenvalue weighted by atomic mass is 9.98. The number of fused-ring (bicyclic) bond motifs is 3. The van der Waals surface area contributed by atoms with E-state index in [1.54, 1.807) is 0 Å². The van der Waals surface area contributed by atoms with Gasteiger partial charge in [-0.05, 0) is 40.5 Å². The van der Waals surface area contributed by atoms with E-state index < -0.39 is 23.7 Å². The van der Waals surface area contributed by atoms with Crippen molar-refractivity contribution < 1.29 is 29.3 Å². The number of carbonyl (C=O) groups excluding carboxylic acids is 2. The summed E-state index contributed by atoms with van der Waals surface area (Å²) >= 11 is 0. The van der Waals surface area contributed by atoms with Crippen LogP contribution in [0.4, 0.5) is 10.5 Å². The zero-order chi connectivity index (χ0) is 23.4. The Morgan fingerprint density at radius 1 is 0.909 bits per heavy atom. The number of ether oxygens (including phenoxy) is 1. The van der Waals surface area contributed by atoms with Crippen molar-refractivity contribution in [3.63, 3.8) is 0 Å². The number of aromatic hydroxyl groups is 1. The lowest BCUT2D eigenvalue weighted by molar-refractivity contribution is -0.116. The van der Waals surface area contributed by atoms with Crippen LogP contribution in [0, 0.1) is 0 Å². The Labute approximate surface area is 189 Å². The number of carbonyl (C=O) groups is 3. The first-order chi connectivity index (χ1) is 15.9. The van der Waals surface area contributed by atoms with Crippen LogP contribution in [0.1, 0.15) is 33.8 Å². The van der Waals surface area contributed by atoms with Gasteiger partial charge in [-0.3, -0.25) is 4.79 Å². The highest BCUT2D eigenvalue weighted by atomic mass is 16.5. The van der Waals surface area contributed by atoms with E-state index in [9.17, 15) is 19.5 Å². The Kier molecular flexibility index (Phi) is 6.26. The number of alkyl carbamates (subject to hydrolysis) is 1. The standard InChI is InChI=1S/C25H22N2O6/c28-22-10-9-15(13-20(22)24(30)31)27-23(29)11-12-26-25(32)33-14-21-18-7-3-1-5-16(18)17-6-2-4-8-19(17)21/h1-10,13,21,28H,11-12,14H2,(H,26,32)(H,27,29)(H,30,31). The summed E-state index contributed by atoms with van der Waals surface area (Å²) in [6.07, 6.45) is -0.657. The number of phenols is 1. The van der Waals surface area contributed by atoms with Gasteiger partial charge in [0.2, 0.25) is 5.91 Å². The Hall–Kier alpha value is -4.33. The lowest BCUT2D eigenvalue weighted by Gasteiger charge is -2.14. The summed E-state index contributed by atoms with van der Waals surface area (Å²) < 4.78 is 5.42. The molecule has 0 saturated heterocycles. The Bertz CT molecular complexity index is 1180. The number of rotatable bonds is 7. The number of aromatic carboxylic acids is 1. The normalized spacial score (nSPS) is 11.9. The molecule has 1 aliphatic rings. The molecule has 8 nitrogen and oxygen atoms in total. The van der Waals surface area contributed by atoms with Crippen LogP contribution in [0.5, 0.6) is 5.75 Å². The van der Waals surface area contributed by atoms with Gasteiger partial charge in [-0.1, -0.05) is 48.5 Å². The Morgan fingerprint density at radius 2 is 1.55 bits per heavy atom. The second-order valence-electron chi connectivity index (χ2n) is 7.59. The molecule has 168 valence electrons. The van der Waals surface area contributed by atoms with Crippen LogP contribution < -0.4 is 10.6 Å². The number of carboxylic acid groups (broad SMARTS) is 1. The lowest BCUT2D eigenvalue weighted by Crippen LogP contribution is -2.29. The molecule has 8 heteroatoms. The summed E-state index contributed by atoms with van der Waals surface area (Å²) in [6.45, 7) is 0.226. The first kappa shape index (κ1) is 21.9. The number of amides is 2. The highest BCUT2D eigenvalue weighted by molar-refractivity contribution is 5.95. The molecule has 2 amide bonds. The molecule has 0 aliphatic heterocycles. The first-order valence-electron chi connectivity index (χ1n) is 10.4. The van der Waals surface area contributed by atoms with Gasteiger partial charge in [0.25, 0.3) is 0 Å². The third-order valence-electron chi connectivity index (χ3n) is 5.48. The van der Waals surface area contributed by atoms with Gasteiger partial charge in [-0.25, -0.2) is 9.59 Å². The summed E-state index contributed by atoms with van der Waals surface area (Å²) in [4.78, 5) is 35.3. The summed E-state index contributed by atoms with van der Waals surface area (Å²) in [5.41, 5.74) is 4.42. The molecule has 0 radical (unpaired) electrons. The van der Waals surface area contributed by atoms with Gasteiger partial charge in [0.15, 0.2) is 0 Å². The van der Waals surface area contributed by atoms with Gasteiger partial charge < -0.3 is 25.6 Å². The van der Waals surface area contributed by atoms with Gasteiger partial charge >= 0.3 is 12.1 Å². The number of anilines is 1. The maximum absolute atomic E-state index is 12.2. The summed E-state index contributed by atoms with van der Waals surface area (Å²) in [7, 11) is 0. The maximum atomic E-state index is 12.2. The molecular formula is C25H22N2O6. The molecule has 0 atom stereocenters. The van der Waals surface area contributed by atoms with Crippen molar-refractivity contribution in [3.05, 3.63) is 83.4 Å². The molecule has 33 heavy (non-hydrogen) atoms. The fourth-order valence-electron chi connectivity index (χ4n) is 3.94. The van der Waals surface area contributed by atoms with Crippen molar-refractivity contribution in [1.29, 1.82) is 0 Å². The van der Waals surface area contributed by atoms with Crippen LogP contribution in [0.15, 0.2) is 66.7 Å². The Balaban J connectivity index is 1.26. The third-order valence-corrected chi connectivity index (χ3v) is 5.48. The van der Waals surface area contributed by atoms with Gasteiger partial charge in [-0.2, -0.15) is 0 Å². The zero-order valence-electron chi connectivity index (χ0n) is 17.6. The second kappa shape index (κ2) is 9.44. The van der Waals surface area contributed by atoms with Crippen molar-refractivity contribution in [2.75, 3.05) is 18.5 Å². The van der Waals surface area contributed by atoms with E-state index in [-0.39, 0.29) is 36.7 Å². The molecular weight excluding hydrogens is 424 g/mol. The van der Waals surface area contributed by atoms with Crippen molar-refractivity contribution in [2.45, 2.75) is 12.3 Å². The molecule has 0 heterocycles. The third kappa shape index (κ3) is 4.79. The van der Waals surface area contributed by atoms with Gasteiger partial charge in [0, 0.05) is 24.6 Å². The molecule has 0 unspecified atom stereocenters. The maximum Gasteiger partial charge on any atom is 0.407 e. The Morgan fingerprint density at radius 3 is 2.18 bits per heavy atom. The molecule has 0 saturated carbocycles. The molecule has 0 fully saturated rings. The largest absolute Gasteiger partial charge is 0.507 e. The fraction of sp³-hybridized carbons (Fsp3) is 0.160. The topological polar surface area (TPSA) is 125 Å². The molecule has 4 N–H and O–H groups in total. The smallest absolute Gasteiger partial charge is 0.407 e. The number of hydrogen-bond acceptors (Lipinski definition) is 5. The fourth-order valence-corrected chi connectivity index (χ4v) is 3.94. The number of carboxylic acids is 1. The second-order valence-corrected chi connectivity index (χ2v) is 7.59.